The van der Waals surface area contributed by atoms with Crippen molar-refractivity contribution in [1.82, 2.24) is 10.2 Å². The first-order valence-corrected chi connectivity index (χ1v) is 5.67. The summed E-state index contributed by atoms with van der Waals surface area (Å²) >= 11 is 0. The molecule has 1 aromatic carbocycles. The van der Waals surface area contributed by atoms with Crippen LogP contribution in [0.5, 0.6) is 5.75 Å². The second-order valence-electron chi connectivity index (χ2n) is 4.02. The standard InChI is InChI=1S/C13H18N2O3/c1-10-4-6-11(7-5-10)18-9-13(17)15(3)8-12(16)14-2/h4-7H,8-9H2,1-3H3,(H,14,16). The van der Waals surface area contributed by atoms with Gasteiger partial charge in [0.2, 0.25) is 5.91 Å². The number of benzene rings is 1. The molecule has 0 saturated heterocycles. The topological polar surface area (TPSA) is 58.6 Å². The normalized spacial score (nSPS) is 9.72. The Morgan fingerprint density at radius 3 is 2.44 bits per heavy atom. The van der Waals surface area contributed by atoms with E-state index in [-0.39, 0.29) is 25.0 Å². The number of aryl methyl sites for hydroxylation is 1. The van der Waals surface area contributed by atoms with Crippen LogP contribution in [0.15, 0.2) is 24.3 Å². The SMILES string of the molecule is CNC(=O)CN(C)C(=O)COc1ccc(C)cc1. The number of rotatable bonds is 5. The third-order valence-corrected chi connectivity index (χ3v) is 2.47. The van der Waals surface area contributed by atoms with E-state index in [9.17, 15) is 9.59 Å². The highest BCUT2D eigenvalue weighted by Gasteiger charge is 2.12. The predicted molar refractivity (Wildman–Crippen MR) is 68.4 cm³/mol. The highest BCUT2D eigenvalue weighted by Crippen LogP contribution is 2.11. The molecule has 0 aliphatic rings. The lowest BCUT2D eigenvalue weighted by molar-refractivity contribution is -0.136. The quantitative estimate of drug-likeness (QED) is 0.831. The smallest absolute Gasteiger partial charge is 0.260 e. The molecule has 0 aliphatic heterocycles. The first-order chi connectivity index (χ1) is 8.52. The number of ether oxygens (including phenoxy) is 1. The van der Waals surface area contributed by atoms with Crippen LogP contribution in [0.1, 0.15) is 5.56 Å². The number of nitrogens with one attached hydrogen (secondary N) is 1. The van der Waals surface area contributed by atoms with Crippen molar-refractivity contribution in [1.29, 1.82) is 0 Å². The molecule has 18 heavy (non-hydrogen) atoms. The molecule has 0 fully saturated rings. The second-order valence-corrected chi connectivity index (χ2v) is 4.02. The maximum atomic E-state index is 11.7. The molecule has 5 heteroatoms. The molecule has 0 bridgehead atoms. The molecule has 1 N–H and O–H groups in total. The fourth-order valence-corrected chi connectivity index (χ4v) is 1.27. The van der Waals surface area contributed by atoms with Gasteiger partial charge in [0.15, 0.2) is 6.61 Å². The molecule has 0 radical (unpaired) electrons. The Kier molecular flexibility index (Phi) is 5.17. The fourth-order valence-electron chi connectivity index (χ4n) is 1.27. The zero-order valence-electron chi connectivity index (χ0n) is 10.9. The first-order valence-electron chi connectivity index (χ1n) is 5.67. The fraction of sp³-hybridized carbons (Fsp3) is 0.385. The molecule has 0 aliphatic carbocycles. The van der Waals surface area contributed by atoms with Gasteiger partial charge in [-0.3, -0.25) is 9.59 Å². The zero-order valence-corrected chi connectivity index (χ0v) is 10.9. The van der Waals surface area contributed by atoms with Crippen LogP contribution in [-0.4, -0.2) is 44.0 Å². The number of carbonyl (C=O) groups is 2. The summed E-state index contributed by atoms with van der Waals surface area (Å²) in [5.41, 5.74) is 1.13. The number of hydrogen-bond acceptors (Lipinski definition) is 3. The molecule has 0 saturated carbocycles. The van der Waals surface area contributed by atoms with Crippen LogP contribution in [0.25, 0.3) is 0 Å². The van der Waals surface area contributed by atoms with Crippen LogP contribution >= 0.6 is 0 Å². The maximum Gasteiger partial charge on any atom is 0.260 e. The van der Waals surface area contributed by atoms with E-state index in [1.54, 1.807) is 19.2 Å². The molecular weight excluding hydrogens is 232 g/mol. The second kappa shape index (κ2) is 6.64. The van der Waals surface area contributed by atoms with Gasteiger partial charge in [0.1, 0.15) is 5.75 Å². The summed E-state index contributed by atoms with van der Waals surface area (Å²) in [6.07, 6.45) is 0. The van der Waals surface area contributed by atoms with Crippen LogP contribution in [0.3, 0.4) is 0 Å². The van der Waals surface area contributed by atoms with E-state index in [0.717, 1.165) is 5.56 Å². The number of amides is 2. The first kappa shape index (κ1) is 14.0. The molecule has 2 amide bonds. The van der Waals surface area contributed by atoms with Crippen LogP contribution in [0.2, 0.25) is 0 Å². The van der Waals surface area contributed by atoms with E-state index in [2.05, 4.69) is 5.32 Å². The van der Waals surface area contributed by atoms with Gasteiger partial charge in [0.05, 0.1) is 6.54 Å². The highest BCUT2D eigenvalue weighted by atomic mass is 16.5. The predicted octanol–water partition coefficient (Wildman–Crippen LogP) is 0.578. The van der Waals surface area contributed by atoms with E-state index in [4.69, 9.17) is 4.74 Å². The monoisotopic (exact) mass is 250 g/mol. The Balaban J connectivity index is 2.41. The van der Waals surface area contributed by atoms with Crippen molar-refractivity contribution in [3.8, 4) is 5.75 Å². The van der Waals surface area contributed by atoms with Gasteiger partial charge < -0.3 is 15.0 Å². The van der Waals surface area contributed by atoms with Crippen molar-refractivity contribution < 1.29 is 14.3 Å². The summed E-state index contributed by atoms with van der Waals surface area (Å²) in [6, 6.07) is 7.44. The van der Waals surface area contributed by atoms with Gasteiger partial charge in [-0.15, -0.1) is 0 Å². The summed E-state index contributed by atoms with van der Waals surface area (Å²) in [5, 5.41) is 2.46. The van der Waals surface area contributed by atoms with Crippen LogP contribution in [0, 0.1) is 6.92 Å². The summed E-state index contributed by atoms with van der Waals surface area (Å²) in [4.78, 5) is 24.1. The van der Waals surface area contributed by atoms with E-state index in [1.807, 2.05) is 19.1 Å². The molecule has 98 valence electrons. The Bertz CT molecular complexity index is 415. The minimum Gasteiger partial charge on any atom is -0.484 e. The Morgan fingerprint density at radius 2 is 1.89 bits per heavy atom. The zero-order chi connectivity index (χ0) is 13.5. The molecule has 0 heterocycles. The van der Waals surface area contributed by atoms with Gasteiger partial charge in [-0.2, -0.15) is 0 Å². The third-order valence-electron chi connectivity index (χ3n) is 2.47. The van der Waals surface area contributed by atoms with Gasteiger partial charge in [-0.1, -0.05) is 17.7 Å². The lowest BCUT2D eigenvalue weighted by Gasteiger charge is -2.16. The van der Waals surface area contributed by atoms with Gasteiger partial charge in [0, 0.05) is 14.1 Å². The Morgan fingerprint density at radius 1 is 1.28 bits per heavy atom. The summed E-state index contributed by atoms with van der Waals surface area (Å²) < 4.78 is 5.34. The molecule has 1 aromatic rings. The molecule has 0 spiro atoms. The molecule has 0 aromatic heterocycles. The number of likely N-dealkylation sites (N-methyl/N-ethyl adjacent to an activating group) is 2. The van der Waals surface area contributed by atoms with Crippen LogP contribution < -0.4 is 10.1 Å². The van der Waals surface area contributed by atoms with E-state index in [0.29, 0.717) is 5.75 Å². The highest BCUT2D eigenvalue weighted by molar-refractivity contribution is 5.85. The van der Waals surface area contributed by atoms with Crippen molar-refractivity contribution in [2.45, 2.75) is 6.92 Å². The summed E-state index contributed by atoms with van der Waals surface area (Å²) in [5.74, 6) is 0.197. The number of hydrogen-bond donors (Lipinski definition) is 1. The summed E-state index contributed by atoms with van der Waals surface area (Å²) in [7, 11) is 3.10. The Hall–Kier alpha value is -2.04. The van der Waals surface area contributed by atoms with E-state index < -0.39 is 0 Å². The van der Waals surface area contributed by atoms with Crippen LogP contribution in [0.4, 0.5) is 0 Å². The summed E-state index contributed by atoms with van der Waals surface area (Å²) in [6.45, 7) is 1.94. The molecule has 5 nitrogen and oxygen atoms in total. The van der Waals surface area contributed by atoms with Crippen molar-refractivity contribution in [2.75, 3.05) is 27.2 Å². The lowest BCUT2D eigenvalue weighted by atomic mass is 10.2. The van der Waals surface area contributed by atoms with Crippen molar-refractivity contribution in [3.63, 3.8) is 0 Å². The average molecular weight is 250 g/mol. The van der Waals surface area contributed by atoms with Crippen molar-refractivity contribution in [2.24, 2.45) is 0 Å². The van der Waals surface area contributed by atoms with E-state index >= 15 is 0 Å². The Labute approximate surface area is 107 Å². The average Bonchev–Trinajstić information content (AvgIpc) is 2.37. The third kappa shape index (κ3) is 4.45. The largest absolute Gasteiger partial charge is 0.484 e. The van der Waals surface area contributed by atoms with E-state index in [1.165, 1.54) is 11.9 Å². The van der Waals surface area contributed by atoms with Crippen molar-refractivity contribution >= 4 is 11.8 Å². The van der Waals surface area contributed by atoms with Crippen molar-refractivity contribution in [3.05, 3.63) is 29.8 Å². The maximum absolute atomic E-state index is 11.7. The van der Waals surface area contributed by atoms with Crippen LogP contribution in [-0.2, 0) is 9.59 Å². The van der Waals surface area contributed by atoms with Gasteiger partial charge in [-0.25, -0.2) is 0 Å². The van der Waals surface area contributed by atoms with Gasteiger partial charge in [0.25, 0.3) is 5.91 Å². The van der Waals surface area contributed by atoms with Gasteiger partial charge >= 0.3 is 0 Å². The molecule has 1 rings (SSSR count). The molecule has 0 unspecified atom stereocenters. The number of nitrogens with zero attached hydrogens (tertiary/aromatic N) is 1. The molecule has 0 atom stereocenters. The minimum absolute atomic E-state index is 0.0343. The number of carbonyl (C=O) groups excluding carboxylic acids is 2. The minimum atomic E-state index is -0.237. The lowest BCUT2D eigenvalue weighted by Crippen LogP contribution is -2.39. The van der Waals surface area contributed by atoms with Gasteiger partial charge in [-0.05, 0) is 19.1 Å². The molecular formula is C13H18N2O3.